The summed E-state index contributed by atoms with van der Waals surface area (Å²) in [6, 6.07) is 1.35. The van der Waals surface area contributed by atoms with Crippen LogP contribution in [-0.2, 0) is 28.8 Å². The largest absolute Gasteiger partial charge is 0.525 e. The second kappa shape index (κ2) is 6.51. The van der Waals surface area contributed by atoms with Crippen LogP contribution in [0, 0.1) is 0 Å². The second-order valence-electron chi connectivity index (χ2n) is 3.54. The molecule has 0 aliphatic heterocycles. The molecule has 0 saturated heterocycles. The fourth-order valence-corrected chi connectivity index (χ4v) is 1.72. The number of halogens is 7. The second-order valence-corrected chi connectivity index (χ2v) is 7.02. The number of aromatic nitrogens is 1. The molecule has 0 atom stereocenters. The van der Waals surface area contributed by atoms with Gasteiger partial charge in [-0.15, -0.1) is 8.57 Å². The lowest BCUT2D eigenvalue weighted by Crippen LogP contribution is -2.39. The van der Waals surface area contributed by atoms with Gasteiger partial charge in [-0.2, -0.15) is 43.2 Å². The van der Waals surface area contributed by atoms with Crippen molar-refractivity contribution in [2.24, 2.45) is 0 Å². The Balaban J connectivity index is 3.31. The van der Waals surface area contributed by atoms with Crippen molar-refractivity contribution in [3.63, 3.8) is 0 Å². The van der Waals surface area contributed by atoms with Crippen LogP contribution in [0.3, 0.4) is 0 Å². The van der Waals surface area contributed by atoms with Crippen molar-refractivity contribution in [1.29, 1.82) is 0 Å². The molecular weight excluding hydrogens is 422 g/mol. The van der Waals surface area contributed by atoms with E-state index in [0.29, 0.717) is 12.3 Å². The highest BCUT2D eigenvalue weighted by atomic mass is 35.5. The van der Waals surface area contributed by atoms with Gasteiger partial charge in [-0.05, 0) is 12.1 Å². The summed E-state index contributed by atoms with van der Waals surface area (Å²) in [6.07, 6.45) is 0.636. The van der Waals surface area contributed by atoms with Gasteiger partial charge in [0, 0.05) is 6.20 Å². The Labute approximate surface area is 134 Å². The van der Waals surface area contributed by atoms with Gasteiger partial charge in [0.15, 0.2) is 5.82 Å². The lowest BCUT2D eigenvalue weighted by atomic mass is 10.5. The van der Waals surface area contributed by atoms with Crippen LogP contribution in [0.15, 0.2) is 18.3 Å². The Morgan fingerprint density at radius 3 is 1.62 bits per heavy atom. The highest BCUT2D eigenvalue weighted by Gasteiger charge is 2.53. The number of hydrogen-bond acceptors (Lipinski definition) is 8. The average Bonchev–Trinajstić information content (AvgIpc) is 2.35. The number of pyridine rings is 1. The molecule has 0 unspecified atom stereocenters. The van der Waals surface area contributed by atoms with E-state index in [0.717, 1.165) is 6.07 Å². The van der Waals surface area contributed by atoms with Gasteiger partial charge >= 0.3 is 31.3 Å². The first kappa shape index (κ1) is 20.7. The minimum Gasteiger partial charge on any atom is -0.233 e. The molecule has 17 heteroatoms. The molecule has 8 nitrogen and oxygen atoms in total. The molecule has 0 spiro atoms. The van der Waals surface area contributed by atoms with Gasteiger partial charge < -0.3 is 0 Å². The minimum absolute atomic E-state index is 0.170. The zero-order valence-corrected chi connectivity index (χ0v) is 12.9. The maximum atomic E-state index is 12.2. The molecule has 1 aromatic rings. The molecule has 0 saturated carbocycles. The summed E-state index contributed by atoms with van der Waals surface area (Å²) in [5.74, 6) is -1.19. The summed E-state index contributed by atoms with van der Waals surface area (Å²) in [6.45, 7) is 0. The molecule has 24 heavy (non-hydrogen) atoms. The Morgan fingerprint density at radius 2 is 1.33 bits per heavy atom. The molecule has 1 heterocycles. The van der Waals surface area contributed by atoms with Crippen molar-refractivity contribution in [3.8, 4) is 0 Å². The number of anilines is 1. The quantitative estimate of drug-likeness (QED) is 0.402. The van der Waals surface area contributed by atoms with Crippen LogP contribution >= 0.6 is 11.6 Å². The number of hydrogen-bond donors (Lipinski definition) is 0. The fraction of sp³-hybridized carbons (Fsp3) is 0.286. The molecule has 0 aliphatic carbocycles. The van der Waals surface area contributed by atoms with Crippen molar-refractivity contribution in [1.82, 2.24) is 4.98 Å². The normalized spacial score (nSPS) is 13.8. The Hall–Kier alpha value is -1.36. The smallest absolute Gasteiger partial charge is 0.233 e. The van der Waals surface area contributed by atoms with Gasteiger partial charge in [0.1, 0.15) is 0 Å². The van der Waals surface area contributed by atoms with Gasteiger partial charge in [0.25, 0.3) is 0 Å². The van der Waals surface area contributed by atoms with E-state index in [2.05, 4.69) is 13.6 Å². The van der Waals surface area contributed by atoms with Crippen LogP contribution in [0.2, 0.25) is 5.02 Å². The molecule has 0 fully saturated rings. The van der Waals surface area contributed by atoms with Crippen LogP contribution < -0.4 is 5.23 Å². The average molecular weight is 425 g/mol. The fourth-order valence-electron chi connectivity index (χ4n) is 0.828. The summed E-state index contributed by atoms with van der Waals surface area (Å²) in [5, 5.41) is -1.35. The zero-order valence-electron chi connectivity index (χ0n) is 10.5. The van der Waals surface area contributed by atoms with E-state index in [1.54, 1.807) is 0 Å². The van der Waals surface area contributed by atoms with E-state index in [1.165, 1.54) is 0 Å². The third-order valence-electron chi connectivity index (χ3n) is 1.80. The van der Waals surface area contributed by atoms with Crippen LogP contribution in [0.4, 0.5) is 32.2 Å². The minimum atomic E-state index is -6.58. The van der Waals surface area contributed by atoms with Gasteiger partial charge in [0.2, 0.25) is 0 Å². The molecule has 0 N–H and O–H groups in total. The van der Waals surface area contributed by atoms with Crippen LogP contribution in [0.5, 0.6) is 0 Å². The van der Waals surface area contributed by atoms with Gasteiger partial charge in [0.05, 0.1) is 5.02 Å². The van der Waals surface area contributed by atoms with Crippen molar-refractivity contribution >= 4 is 37.7 Å². The van der Waals surface area contributed by atoms with E-state index in [1.807, 2.05) is 0 Å². The predicted molar refractivity (Wildman–Crippen MR) is 63.8 cm³/mol. The maximum Gasteiger partial charge on any atom is 0.525 e. The Bertz CT molecular complexity index is 744. The third kappa shape index (κ3) is 4.82. The SMILES string of the molecule is O=S(=O)(ON(OS(=O)(=O)C(F)(F)F)c1ccc(Cl)cn1)C(F)(F)F. The highest BCUT2D eigenvalue weighted by Crippen LogP contribution is 2.31. The molecule has 0 radical (unpaired) electrons. The van der Waals surface area contributed by atoms with Crippen LogP contribution in [-0.4, -0.2) is 32.8 Å². The van der Waals surface area contributed by atoms with E-state index in [-0.39, 0.29) is 5.02 Å². The lowest BCUT2D eigenvalue weighted by Gasteiger charge is -2.21. The Morgan fingerprint density at radius 1 is 0.917 bits per heavy atom. The van der Waals surface area contributed by atoms with E-state index in [9.17, 15) is 43.2 Å². The zero-order chi connectivity index (χ0) is 19.0. The van der Waals surface area contributed by atoms with Gasteiger partial charge in [-0.25, -0.2) is 4.98 Å². The molecular formula is C7H3ClF6N2O6S2. The molecule has 1 aromatic heterocycles. The summed E-state index contributed by atoms with van der Waals surface area (Å²) in [7, 11) is -13.2. The third-order valence-corrected chi connectivity index (χ3v) is 3.82. The number of nitrogens with zero attached hydrogens (tertiary/aromatic N) is 2. The van der Waals surface area contributed by atoms with Crippen LogP contribution in [0.1, 0.15) is 0 Å². The van der Waals surface area contributed by atoms with Crippen molar-refractivity contribution < 1.29 is 51.7 Å². The summed E-state index contributed by atoms with van der Waals surface area (Å²) in [4.78, 5) is 3.09. The molecule has 0 amide bonds. The molecule has 0 bridgehead atoms. The molecule has 1 rings (SSSR count). The molecule has 138 valence electrons. The number of rotatable bonds is 5. The standard InChI is InChI=1S/C7H3ClF6N2O6S2/c8-4-1-2-5(15-3-4)16(21-23(17,18)6(9,10)11)22-24(19,20)7(12,13)14/h1-3H. The van der Waals surface area contributed by atoms with Crippen molar-refractivity contribution in [2.45, 2.75) is 11.0 Å². The molecule has 0 aliphatic rings. The van der Waals surface area contributed by atoms with Crippen LogP contribution in [0.25, 0.3) is 0 Å². The predicted octanol–water partition coefficient (Wildman–Crippen LogP) is 2.10. The van der Waals surface area contributed by atoms with E-state index in [4.69, 9.17) is 11.6 Å². The monoisotopic (exact) mass is 424 g/mol. The first-order valence-corrected chi connectivity index (χ1v) is 8.20. The first-order chi connectivity index (χ1) is 10.6. The van der Waals surface area contributed by atoms with Crippen molar-refractivity contribution in [3.05, 3.63) is 23.4 Å². The summed E-state index contributed by atoms with van der Waals surface area (Å²) in [5.41, 5.74) is -12.2. The van der Waals surface area contributed by atoms with E-state index < -0.39 is 42.3 Å². The maximum absolute atomic E-state index is 12.2. The van der Waals surface area contributed by atoms with Crippen molar-refractivity contribution in [2.75, 3.05) is 5.23 Å². The topological polar surface area (TPSA) is 103 Å². The Kier molecular flexibility index (Phi) is 5.61. The lowest BCUT2D eigenvalue weighted by molar-refractivity contribution is -0.0731. The first-order valence-electron chi connectivity index (χ1n) is 5.00. The van der Waals surface area contributed by atoms with Gasteiger partial charge in [-0.1, -0.05) is 16.8 Å². The summed E-state index contributed by atoms with van der Waals surface area (Å²) >= 11 is 5.37. The summed E-state index contributed by atoms with van der Waals surface area (Å²) < 4.78 is 123. The highest BCUT2D eigenvalue weighted by molar-refractivity contribution is 7.88. The molecule has 0 aromatic carbocycles. The van der Waals surface area contributed by atoms with Gasteiger partial charge in [-0.3, -0.25) is 0 Å². The van der Waals surface area contributed by atoms with E-state index >= 15 is 0 Å². The number of alkyl halides is 6.